The van der Waals surface area contributed by atoms with Crippen molar-refractivity contribution in [2.24, 2.45) is 0 Å². The summed E-state index contributed by atoms with van der Waals surface area (Å²) in [5, 5.41) is 3.08. The van der Waals surface area contributed by atoms with Crippen LogP contribution in [0.15, 0.2) is 24.3 Å². The van der Waals surface area contributed by atoms with E-state index in [1.807, 2.05) is 24.3 Å². The summed E-state index contributed by atoms with van der Waals surface area (Å²) in [6.45, 7) is 0.287. The number of ether oxygens (including phenoxy) is 2. The monoisotopic (exact) mass is 297 g/mol. The van der Waals surface area contributed by atoms with Crippen LogP contribution in [-0.2, 0) is 4.79 Å². The Morgan fingerprint density at radius 2 is 1.80 bits per heavy atom. The molecule has 1 aromatic carbocycles. The molecule has 0 bridgehead atoms. The summed E-state index contributed by atoms with van der Waals surface area (Å²) in [5.74, 6) is 1.31. The maximum absolute atomic E-state index is 12.2. The van der Waals surface area contributed by atoms with Crippen LogP contribution in [0.3, 0.4) is 0 Å². The average Bonchev–Trinajstić information content (AvgIpc) is 2.48. The molecule has 1 aliphatic heterocycles. The molecule has 1 N–H and O–H groups in total. The molecule has 0 aromatic heterocycles. The Labute approximate surface area is 125 Å². The van der Waals surface area contributed by atoms with E-state index in [9.17, 15) is 4.79 Å². The third kappa shape index (κ3) is 3.37. The first-order chi connectivity index (χ1) is 9.33. The van der Waals surface area contributed by atoms with E-state index in [0.717, 1.165) is 12.8 Å². The Bertz CT molecular complexity index is 460. The molecule has 1 fully saturated rings. The molecule has 2 aliphatic rings. The van der Waals surface area contributed by atoms with Crippen LogP contribution in [0.25, 0.3) is 0 Å². The van der Waals surface area contributed by atoms with Crippen molar-refractivity contribution in [3.8, 4) is 11.5 Å². The van der Waals surface area contributed by atoms with Gasteiger partial charge >= 0.3 is 0 Å². The Hall–Kier alpha value is -1.42. The first-order valence-corrected chi connectivity index (χ1v) is 7.02. The van der Waals surface area contributed by atoms with Crippen LogP contribution in [0.5, 0.6) is 11.5 Å². The molecule has 1 heterocycles. The van der Waals surface area contributed by atoms with Crippen LogP contribution in [0.2, 0.25) is 0 Å². The van der Waals surface area contributed by atoms with Crippen molar-refractivity contribution in [2.75, 3.05) is 6.61 Å². The zero-order valence-electron chi connectivity index (χ0n) is 11.3. The summed E-state index contributed by atoms with van der Waals surface area (Å²) in [4.78, 5) is 12.2. The average molecular weight is 298 g/mol. The molecule has 4 nitrogen and oxygen atoms in total. The van der Waals surface area contributed by atoms with E-state index in [0.29, 0.717) is 17.5 Å². The lowest BCUT2D eigenvalue weighted by atomic mass is 9.95. The lowest BCUT2D eigenvalue weighted by molar-refractivity contribution is -0.131. The zero-order valence-corrected chi connectivity index (χ0v) is 12.2. The molecule has 0 radical (unpaired) electrons. The molecule has 20 heavy (non-hydrogen) atoms. The highest BCUT2D eigenvalue weighted by Crippen LogP contribution is 2.31. The van der Waals surface area contributed by atoms with E-state index in [1.54, 1.807) is 0 Å². The van der Waals surface area contributed by atoms with Gasteiger partial charge in [-0.05, 0) is 25.0 Å². The fraction of sp³-hybridized carbons (Fsp3) is 0.533. The maximum Gasteiger partial charge on any atom is 0.264 e. The molecule has 1 aromatic rings. The highest BCUT2D eigenvalue weighted by molar-refractivity contribution is 5.85. The number of hydrogen-bond acceptors (Lipinski definition) is 3. The molecule has 1 aliphatic carbocycles. The number of carbonyl (C=O) groups is 1. The van der Waals surface area contributed by atoms with Gasteiger partial charge in [-0.2, -0.15) is 0 Å². The first kappa shape index (κ1) is 15.0. The molecular weight excluding hydrogens is 278 g/mol. The highest BCUT2D eigenvalue weighted by Gasteiger charge is 2.28. The molecule has 0 saturated heterocycles. The number of halogens is 1. The minimum absolute atomic E-state index is 0. The summed E-state index contributed by atoms with van der Waals surface area (Å²) < 4.78 is 11.3. The lowest BCUT2D eigenvalue weighted by Gasteiger charge is -2.28. The van der Waals surface area contributed by atoms with Gasteiger partial charge in [-0.25, -0.2) is 0 Å². The van der Waals surface area contributed by atoms with Crippen molar-refractivity contribution in [3.05, 3.63) is 24.3 Å². The Kier molecular flexibility index (Phi) is 5.12. The van der Waals surface area contributed by atoms with Gasteiger partial charge in [0.25, 0.3) is 5.91 Å². The predicted molar refractivity (Wildman–Crippen MR) is 78.6 cm³/mol. The van der Waals surface area contributed by atoms with Crippen LogP contribution < -0.4 is 14.8 Å². The molecular formula is C15H20ClNO3. The van der Waals surface area contributed by atoms with E-state index in [1.165, 1.54) is 19.3 Å². The summed E-state index contributed by atoms with van der Waals surface area (Å²) in [6, 6.07) is 7.76. The number of nitrogens with one attached hydrogen (secondary N) is 1. The van der Waals surface area contributed by atoms with Gasteiger partial charge < -0.3 is 14.8 Å². The Morgan fingerprint density at radius 1 is 1.10 bits per heavy atom. The molecule has 5 heteroatoms. The Balaban J connectivity index is 0.00000147. The highest BCUT2D eigenvalue weighted by atomic mass is 35.5. The van der Waals surface area contributed by atoms with Gasteiger partial charge in [-0.1, -0.05) is 31.4 Å². The second-order valence-corrected chi connectivity index (χ2v) is 5.21. The predicted octanol–water partition coefficient (Wildman–Crippen LogP) is 2.70. The van der Waals surface area contributed by atoms with Crippen molar-refractivity contribution < 1.29 is 14.3 Å². The van der Waals surface area contributed by atoms with E-state index in [-0.39, 0.29) is 24.9 Å². The Morgan fingerprint density at radius 3 is 2.55 bits per heavy atom. The lowest BCUT2D eigenvalue weighted by Crippen LogP contribution is -2.48. The van der Waals surface area contributed by atoms with Gasteiger partial charge in [0.2, 0.25) is 6.10 Å². The number of benzene rings is 1. The smallest absolute Gasteiger partial charge is 0.264 e. The third-order valence-corrected chi connectivity index (χ3v) is 3.75. The van der Waals surface area contributed by atoms with Gasteiger partial charge in [-0.15, -0.1) is 12.4 Å². The van der Waals surface area contributed by atoms with Crippen molar-refractivity contribution >= 4 is 18.3 Å². The largest absolute Gasteiger partial charge is 0.485 e. The minimum atomic E-state index is -0.531. The first-order valence-electron chi connectivity index (χ1n) is 7.02. The summed E-state index contributed by atoms with van der Waals surface area (Å²) in [7, 11) is 0. The molecule has 1 atom stereocenters. The fourth-order valence-electron chi connectivity index (χ4n) is 2.69. The molecule has 110 valence electrons. The number of rotatable bonds is 2. The second kappa shape index (κ2) is 6.84. The molecule has 1 unspecified atom stereocenters. The van der Waals surface area contributed by atoms with E-state index < -0.39 is 6.10 Å². The zero-order chi connectivity index (χ0) is 13.1. The number of para-hydroxylation sites is 2. The molecule has 1 saturated carbocycles. The van der Waals surface area contributed by atoms with Gasteiger partial charge in [0, 0.05) is 6.04 Å². The van der Waals surface area contributed by atoms with Crippen LogP contribution in [0.4, 0.5) is 0 Å². The topological polar surface area (TPSA) is 47.6 Å². The van der Waals surface area contributed by atoms with Gasteiger partial charge in [-0.3, -0.25) is 4.79 Å². The second-order valence-electron chi connectivity index (χ2n) is 5.21. The van der Waals surface area contributed by atoms with Crippen molar-refractivity contribution in [2.45, 2.75) is 44.2 Å². The minimum Gasteiger partial charge on any atom is -0.485 e. The standard InChI is InChI=1S/C15H19NO3.ClH/c17-15(16-11-6-2-1-3-7-11)14-10-18-12-8-4-5-9-13(12)19-14;/h4-5,8-9,11,14H,1-3,6-7,10H2,(H,16,17);1H. The summed E-state index contributed by atoms with van der Waals surface area (Å²) in [6.07, 6.45) is 5.32. The molecule has 1 amide bonds. The molecule has 3 rings (SSSR count). The number of hydrogen-bond donors (Lipinski definition) is 1. The van der Waals surface area contributed by atoms with Crippen LogP contribution in [0.1, 0.15) is 32.1 Å². The van der Waals surface area contributed by atoms with Gasteiger partial charge in [0.1, 0.15) is 6.61 Å². The SMILES string of the molecule is Cl.O=C(NC1CCCCC1)C1COc2ccccc2O1. The summed E-state index contributed by atoms with van der Waals surface area (Å²) >= 11 is 0. The summed E-state index contributed by atoms with van der Waals surface area (Å²) in [5.41, 5.74) is 0. The van der Waals surface area contributed by atoms with Crippen molar-refractivity contribution in [1.82, 2.24) is 5.32 Å². The van der Waals surface area contributed by atoms with Crippen molar-refractivity contribution in [3.63, 3.8) is 0 Å². The quantitative estimate of drug-likeness (QED) is 0.913. The van der Waals surface area contributed by atoms with E-state index in [4.69, 9.17) is 9.47 Å². The van der Waals surface area contributed by atoms with Gasteiger partial charge in [0.05, 0.1) is 0 Å². The van der Waals surface area contributed by atoms with E-state index in [2.05, 4.69) is 5.32 Å². The van der Waals surface area contributed by atoms with Crippen LogP contribution in [0, 0.1) is 0 Å². The normalized spacial score (nSPS) is 21.7. The fourth-order valence-corrected chi connectivity index (χ4v) is 2.69. The van der Waals surface area contributed by atoms with E-state index >= 15 is 0 Å². The van der Waals surface area contributed by atoms with Crippen molar-refractivity contribution in [1.29, 1.82) is 0 Å². The van der Waals surface area contributed by atoms with Crippen LogP contribution in [-0.4, -0.2) is 24.7 Å². The number of fused-ring (bicyclic) bond motifs is 1. The van der Waals surface area contributed by atoms with Gasteiger partial charge in [0.15, 0.2) is 11.5 Å². The van der Waals surface area contributed by atoms with Crippen LogP contribution >= 0.6 is 12.4 Å². The number of amides is 1. The number of carbonyl (C=O) groups excluding carboxylic acids is 1. The maximum atomic E-state index is 12.2. The molecule has 0 spiro atoms. The third-order valence-electron chi connectivity index (χ3n) is 3.75.